The fraction of sp³-hybridized carbons (Fsp3) is 0.350. The van der Waals surface area contributed by atoms with Crippen LogP contribution in [0.25, 0.3) is 0 Å². The predicted octanol–water partition coefficient (Wildman–Crippen LogP) is 2.88. The molecule has 1 fully saturated rings. The molecule has 0 saturated heterocycles. The Hall–Kier alpha value is -2.33. The highest BCUT2D eigenvalue weighted by atomic mass is 16.5. The first-order valence-electron chi connectivity index (χ1n) is 8.61. The minimum absolute atomic E-state index is 0.0151. The second-order valence-electron chi connectivity index (χ2n) is 6.35. The van der Waals surface area contributed by atoms with Gasteiger partial charge in [0.1, 0.15) is 5.75 Å². The van der Waals surface area contributed by atoms with E-state index in [1.165, 1.54) is 25.7 Å². The molecule has 2 aromatic carbocycles. The van der Waals surface area contributed by atoms with Gasteiger partial charge in [-0.1, -0.05) is 36.4 Å². The highest BCUT2D eigenvalue weighted by Gasteiger charge is 2.29. The molecule has 4 nitrogen and oxygen atoms in total. The molecule has 1 aliphatic carbocycles. The third kappa shape index (κ3) is 4.15. The predicted molar refractivity (Wildman–Crippen MR) is 95.0 cm³/mol. The molecule has 3 rings (SSSR count). The number of amides is 1. The van der Waals surface area contributed by atoms with Crippen LogP contribution in [-0.4, -0.2) is 19.1 Å². The quantitative estimate of drug-likeness (QED) is 0.858. The Bertz CT molecular complexity index is 666. The van der Waals surface area contributed by atoms with E-state index in [4.69, 9.17) is 4.74 Å². The van der Waals surface area contributed by atoms with Crippen LogP contribution in [0.3, 0.4) is 0 Å². The number of methoxy groups -OCH3 is 1. The van der Waals surface area contributed by atoms with Crippen molar-refractivity contribution in [1.82, 2.24) is 0 Å². The van der Waals surface area contributed by atoms with Crippen LogP contribution >= 0.6 is 0 Å². The average molecular weight is 325 g/mol. The van der Waals surface area contributed by atoms with Gasteiger partial charge in [-0.15, -0.1) is 0 Å². The zero-order valence-corrected chi connectivity index (χ0v) is 14.1. The lowest BCUT2D eigenvalue weighted by molar-refractivity contribution is -0.714. The van der Waals surface area contributed by atoms with E-state index >= 15 is 0 Å². The lowest BCUT2D eigenvalue weighted by Crippen LogP contribution is -2.92. The van der Waals surface area contributed by atoms with E-state index in [-0.39, 0.29) is 11.9 Å². The summed E-state index contributed by atoms with van der Waals surface area (Å²) in [6.07, 6.45) is 4.91. The number of anilines is 1. The van der Waals surface area contributed by atoms with Gasteiger partial charge in [0.2, 0.25) is 0 Å². The van der Waals surface area contributed by atoms with Crippen molar-refractivity contribution < 1.29 is 14.8 Å². The Balaban J connectivity index is 1.77. The molecule has 0 radical (unpaired) electrons. The Morgan fingerprint density at radius 1 is 1.12 bits per heavy atom. The van der Waals surface area contributed by atoms with E-state index in [2.05, 4.69) is 10.6 Å². The van der Waals surface area contributed by atoms with Crippen LogP contribution in [0, 0.1) is 0 Å². The third-order valence-electron chi connectivity index (χ3n) is 4.64. The van der Waals surface area contributed by atoms with Gasteiger partial charge in [-0.25, -0.2) is 0 Å². The monoisotopic (exact) mass is 325 g/mol. The molecule has 1 amide bonds. The number of nitrogens with one attached hydrogen (secondary N) is 1. The van der Waals surface area contributed by atoms with Crippen molar-refractivity contribution in [3.63, 3.8) is 0 Å². The lowest BCUT2D eigenvalue weighted by atomic mass is 10.0. The van der Waals surface area contributed by atoms with E-state index in [1.54, 1.807) is 7.11 Å². The smallest absolute Gasteiger partial charge is 0.287 e. The largest absolute Gasteiger partial charge is 0.497 e. The normalized spacial score (nSPS) is 15.9. The molecule has 126 valence electrons. The molecule has 1 atom stereocenters. The van der Waals surface area contributed by atoms with Crippen LogP contribution < -0.4 is 15.4 Å². The van der Waals surface area contributed by atoms with Gasteiger partial charge in [0.05, 0.1) is 13.2 Å². The summed E-state index contributed by atoms with van der Waals surface area (Å²) in [5.41, 5.74) is 1.81. The molecule has 4 heteroatoms. The molecule has 0 bridgehead atoms. The summed E-state index contributed by atoms with van der Waals surface area (Å²) in [4.78, 5) is 12.9. The van der Waals surface area contributed by atoms with E-state index in [0.29, 0.717) is 6.04 Å². The number of nitrogens with two attached hydrogens (primary N) is 1. The van der Waals surface area contributed by atoms with Crippen molar-refractivity contribution in [1.29, 1.82) is 0 Å². The van der Waals surface area contributed by atoms with Gasteiger partial charge >= 0.3 is 0 Å². The summed E-state index contributed by atoms with van der Waals surface area (Å²) >= 11 is 0. The highest BCUT2D eigenvalue weighted by molar-refractivity contribution is 5.94. The molecule has 1 aliphatic rings. The maximum atomic E-state index is 12.9. The molecule has 0 aliphatic heterocycles. The zero-order chi connectivity index (χ0) is 16.8. The number of carbonyl (C=O) groups is 1. The van der Waals surface area contributed by atoms with Crippen LogP contribution in [0.1, 0.15) is 37.3 Å². The number of benzene rings is 2. The SMILES string of the molecule is COc1cccc(NC(=O)[C@@H]([NH2+]C2CCCC2)c2ccccc2)c1. The van der Waals surface area contributed by atoms with E-state index in [9.17, 15) is 4.79 Å². The first-order chi connectivity index (χ1) is 11.8. The lowest BCUT2D eigenvalue weighted by Gasteiger charge is -2.19. The van der Waals surface area contributed by atoms with Gasteiger partial charge in [0.25, 0.3) is 5.91 Å². The maximum Gasteiger partial charge on any atom is 0.287 e. The van der Waals surface area contributed by atoms with Gasteiger partial charge in [-0.2, -0.15) is 0 Å². The highest BCUT2D eigenvalue weighted by Crippen LogP contribution is 2.20. The van der Waals surface area contributed by atoms with E-state index in [0.717, 1.165) is 17.0 Å². The number of carbonyl (C=O) groups excluding carboxylic acids is 1. The van der Waals surface area contributed by atoms with Gasteiger partial charge in [0.15, 0.2) is 6.04 Å². The second kappa shape index (κ2) is 7.97. The van der Waals surface area contributed by atoms with Crippen molar-refractivity contribution in [2.24, 2.45) is 0 Å². The number of ether oxygens (including phenoxy) is 1. The van der Waals surface area contributed by atoms with Crippen molar-refractivity contribution in [3.05, 3.63) is 60.2 Å². The Kier molecular flexibility index (Phi) is 5.49. The second-order valence-corrected chi connectivity index (χ2v) is 6.35. The molecule has 3 N–H and O–H groups in total. The van der Waals surface area contributed by atoms with Gasteiger partial charge < -0.3 is 15.4 Å². The summed E-state index contributed by atoms with van der Waals surface area (Å²) in [6, 6.07) is 17.8. The topological polar surface area (TPSA) is 54.9 Å². The molecule has 0 aromatic heterocycles. The van der Waals surface area contributed by atoms with Crippen LogP contribution in [0.2, 0.25) is 0 Å². The molecular formula is C20H25N2O2+. The summed E-state index contributed by atoms with van der Waals surface area (Å²) in [6.45, 7) is 0. The number of hydrogen-bond acceptors (Lipinski definition) is 2. The van der Waals surface area contributed by atoms with Gasteiger partial charge in [0, 0.05) is 17.3 Å². The van der Waals surface area contributed by atoms with Crippen molar-refractivity contribution in [2.45, 2.75) is 37.8 Å². The Morgan fingerprint density at radius 2 is 1.88 bits per heavy atom. The summed E-state index contributed by atoms with van der Waals surface area (Å²) in [7, 11) is 1.63. The number of hydrogen-bond donors (Lipinski definition) is 2. The number of quaternary nitrogens is 1. The first kappa shape index (κ1) is 16.5. The minimum Gasteiger partial charge on any atom is -0.497 e. The Morgan fingerprint density at radius 3 is 2.58 bits per heavy atom. The average Bonchev–Trinajstić information content (AvgIpc) is 3.14. The molecule has 0 spiro atoms. The molecule has 0 unspecified atom stereocenters. The zero-order valence-electron chi connectivity index (χ0n) is 14.1. The molecular weight excluding hydrogens is 300 g/mol. The summed E-state index contributed by atoms with van der Waals surface area (Å²) in [5.74, 6) is 0.755. The van der Waals surface area contributed by atoms with Crippen LogP contribution in [0.5, 0.6) is 5.75 Å². The van der Waals surface area contributed by atoms with Gasteiger partial charge in [-0.05, 0) is 37.8 Å². The van der Waals surface area contributed by atoms with Crippen LogP contribution in [0.15, 0.2) is 54.6 Å². The molecule has 2 aromatic rings. The molecule has 24 heavy (non-hydrogen) atoms. The van der Waals surface area contributed by atoms with Crippen LogP contribution in [0.4, 0.5) is 5.69 Å². The third-order valence-corrected chi connectivity index (χ3v) is 4.64. The summed E-state index contributed by atoms with van der Waals surface area (Å²) < 4.78 is 5.23. The first-order valence-corrected chi connectivity index (χ1v) is 8.61. The minimum atomic E-state index is -0.222. The maximum absolute atomic E-state index is 12.9. The van der Waals surface area contributed by atoms with E-state index in [1.807, 2.05) is 54.6 Å². The van der Waals surface area contributed by atoms with Crippen molar-refractivity contribution in [3.8, 4) is 5.75 Å². The standard InChI is InChI=1S/C20H24N2O2/c1-24-18-13-7-12-17(14-18)22-20(23)19(15-8-3-2-4-9-15)21-16-10-5-6-11-16/h2-4,7-9,12-14,16,19,21H,5-6,10-11H2,1H3,(H,22,23)/p+1/t19-/m0/s1. The molecule has 0 heterocycles. The summed E-state index contributed by atoms with van der Waals surface area (Å²) in [5, 5.41) is 5.27. The molecule has 1 saturated carbocycles. The van der Waals surface area contributed by atoms with Crippen molar-refractivity contribution in [2.75, 3.05) is 12.4 Å². The fourth-order valence-corrected chi connectivity index (χ4v) is 3.35. The van der Waals surface area contributed by atoms with Crippen molar-refractivity contribution >= 4 is 11.6 Å². The van der Waals surface area contributed by atoms with E-state index < -0.39 is 0 Å². The Labute approximate surface area is 143 Å². The van der Waals surface area contributed by atoms with Crippen LogP contribution in [-0.2, 0) is 4.79 Å². The fourth-order valence-electron chi connectivity index (χ4n) is 3.35. The number of rotatable bonds is 6. The van der Waals surface area contributed by atoms with Gasteiger partial charge in [-0.3, -0.25) is 4.79 Å².